The zero-order chi connectivity index (χ0) is 13.9. The number of nitrogens with zero attached hydrogens (tertiary/aromatic N) is 1. The minimum Gasteiger partial charge on any atom is -0.342 e. The Balaban J connectivity index is 2.14. The smallest absolute Gasteiger partial charge is 0.248 e. The number of amides is 2. The Kier molecular flexibility index (Phi) is 4.48. The molecule has 0 radical (unpaired) electrons. The first-order chi connectivity index (χ1) is 9.09. The average Bonchev–Trinajstić information content (AvgIpc) is 2.81. The van der Waals surface area contributed by atoms with E-state index in [4.69, 9.17) is 0 Å². The van der Waals surface area contributed by atoms with Crippen molar-refractivity contribution in [3.05, 3.63) is 0 Å². The minimum absolute atomic E-state index is 0.0421. The van der Waals surface area contributed by atoms with E-state index < -0.39 is 5.54 Å². The normalized spacial score (nSPS) is 24.4. The van der Waals surface area contributed by atoms with Gasteiger partial charge in [0.05, 0.1) is 0 Å². The maximum absolute atomic E-state index is 12.8. The third-order valence-electron chi connectivity index (χ3n) is 4.59. The summed E-state index contributed by atoms with van der Waals surface area (Å²) in [5.41, 5.74) is -0.575. The fourth-order valence-electron chi connectivity index (χ4n) is 3.37. The molecule has 0 bridgehead atoms. The monoisotopic (exact) mass is 266 g/mol. The largest absolute Gasteiger partial charge is 0.342 e. The van der Waals surface area contributed by atoms with Crippen molar-refractivity contribution in [2.24, 2.45) is 0 Å². The van der Waals surface area contributed by atoms with Crippen molar-refractivity contribution in [3.63, 3.8) is 0 Å². The van der Waals surface area contributed by atoms with Crippen LogP contribution in [0.5, 0.6) is 0 Å². The van der Waals surface area contributed by atoms with Gasteiger partial charge in [0.15, 0.2) is 0 Å². The van der Waals surface area contributed by atoms with Crippen LogP contribution in [0.15, 0.2) is 0 Å². The zero-order valence-electron chi connectivity index (χ0n) is 12.2. The van der Waals surface area contributed by atoms with Gasteiger partial charge in [-0.3, -0.25) is 9.59 Å². The molecule has 0 aromatic heterocycles. The molecular weight excluding hydrogens is 240 g/mol. The molecule has 0 aromatic carbocycles. The number of hydrogen-bond donors (Lipinski definition) is 1. The summed E-state index contributed by atoms with van der Waals surface area (Å²) in [5.74, 6) is 0.208. The summed E-state index contributed by atoms with van der Waals surface area (Å²) >= 11 is 0. The van der Waals surface area contributed by atoms with Crippen LogP contribution in [0.2, 0.25) is 0 Å². The fraction of sp³-hybridized carbons (Fsp3) is 0.867. The minimum atomic E-state index is -0.575. The molecule has 2 fully saturated rings. The molecule has 19 heavy (non-hydrogen) atoms. The van der Waals surface area contributed by atoms with Gasteiger partial charge in [-0.15, -0.1) is 0 Å². The predicted octanol–water partition coefficient (Wildman–Crippen LogP) is 2.23. The molecule has 1 atom stereocenters. The van der Waals surface area contributed by atoms with Gasteiger partial charge in [0.25, 0.3) is 0 Å². The second-order valence-corrected chi connectivity index (χ2v) is 6.08. The van der Waals surface area contributed by atoms with Crippen molar-refractivity contribution >= 4 is 11.8 Å². The van der Waals surface area contributed by atoms with Gasteiger partial charge in [-0.1, -0.05) is 32.6 Å². The van der Waals surface area contributed by atoms with Crippen molar-refractivity contribution in [2.75, 3.05) is 6.54 Å². The van der Waals surface area contributed by atoms with Gasteiger partial charge >= 0.3 is 0 Å². The van der Waals surface area contributed by atoms with E-state index in [1.54, 1.807) is 0 Å². The summed E-state index contributed by atoms with van der Waals surface area (Å²) in [6.07, 6.45) is 7.49. The van der Waals surface area contributed by atoms with Crippen molar-refractivity contribution in [3.8, 4) is 0 Å². The van der Waals surface area contributed by atoms with E-state index in [1.165, 1.54) is 0 Å². The van der Waals surface area contributed by atoms with Crippen molar-refractivity contribution < 1.29 is 9.59 Å². The molecule has 4 nitrogen and oxygen atoms in total. The number of carbonyl (C=O) groups excluding carboxylic acids is 2. The van der Waals surface area contributed by atoms with Crippen LogP contribution in [0, 0.1) is 0 Å². The molecule has 2 amide bonds. The summed E-state index contributed by atoms with van der Waals surface area (Å²) in [4.78, 5) is 26.7. The molecule has 0 aromatic rings. The third-order valence-corrected chi connectivity index (χ3v) is 4.59. The highest BCUT2D eigenvalue weighted by molar-refractivity contribution is 5.94. The van der Waals surface area contributed by atoms with Gasteiger partial charge in [0.1, 0.15) is 5.54 Å². The maximum Gasteiger partial charge on any atom is 0.248 e. The summed E-state index contributed by atoms with van der Waals surface area (Å²) in [7, 11) is 0. The quantitative estimate of drug-likeness (QED) is 0.848. The Morgan fingerprint density at radius 1 is 1.32 bits per heavy atom. The van der Waals surface area contributed by atoms with Crippen LogP contribution < -0.4 is 5.32 Å². The summed E-state index contributed by atoms with van der Waals surface area (Å²) in [6.45, 7) is 4.86. The van der Waals surface area contributed by atoms with Crippen LogP contribution in [-0.2, 0) is 9.59 Å². The van der Waals surface area contributed by atoms with Gasteiger partial charge in [0, 0.05) is 19.0 Å². The Bertz CT molecular complexity index is 348. The van der Waals surface area contributed by atoms with E-state index in [1.807, 2.05) is 4.90 Å². The molecule has 1 unspecified atom stereocenters. The SMILES string of the molecule is CCCCC(C)N1CCC(=O)NC2(CCCC2)C1=O. The Labute approximate surface area is 115 Å². The van der Waals surface area contributed by atoms with Crippen molar-refractivity contribution in [2.45, 2.75) is 76.8 Å². The number of nitrogens with one attached hydrogen (secondary N) is 1. The third kappa shape index (κ3) is 2.93. The molecule has 108 valence electrons. The average molecular weight is 266 g/mol. The summed E-state index contributed by atoms with van der Waals surface area (Å²) in [5, 5.41) is 3.01. The Hall–Kier alpha value is -1.06. The summed E-state index contributed by atoms with van der Waals surface area (Å²) in [6, 6.07) is 0.248. The number of hydrogen-bond acceptors (Lipinski definition) is 2. The molecule has 2 aliphatic rings. The van der Waals surface area contributed by atoms with Crippen LogP contribution in [0.4, 0.5) is 0 Å². The zero-order valence-corrected chi connectivity index (χ0v) is 12.2. The van der Waals surface area contributed by atoms with E-state index in [2.05, 4.69) is 19.2 Å². The maximum atomic E-state index is 12.8. The first kappa shape index (κ1) is 14.4. The van der Waals surface area contributed by atoms with E-state index in [-0.39, 0.29) is 17.9 Å². The number of carbonyl (C=O) groups is 2. The van der Waals surface area contributed by atoms with Crippen LogP contribution in [0.25, 0.3) is 0 Å². The highest BCUT2D eigenvalue weighted by atomic mass is 16.2. The van der Waals surface area contributed by atoms with Crippen LogP contribution in [-0.4, -0.2) is 34.8 Å². The highest BCUT2D eigenvalue weighted by Gasteiger charge is 2.47. The molecule has 1 spiro atoms. The molecule has 1 heterocycles. The second kappa shape index (κ2) is 5.93. The van der Waals surface area contributed by atoms with E-state index in [0.717, 1.165) is 44.9 Å². The highest BCUT2D eigenvalue weighted by Crippen LogP contribution is 2.33. The molecule has 1 aliphatic heterocycles. The van der Waals surface area contributed by atoms with E-state index >= 15 is 0 Å². The predicted molar refractivity (Wildman–Crippen MR) is 74.7 cm³/mol. The molecule has 1 aliphatic carbocycles. The van der Waals surface area contributed by atoms with Crippen molar-refractivity contribution in [1.82, 2.24) is 10.2 Å². The summed E-state index contributed by atoms with van der Waals surface area (Å²) < 4.78 is 0. The fourth-order valence-corrected chi connectivity index (χ4v) is 3.37. The molecule has 1 N–H and O–H groups in total. The van der Waals surface area contributed by atoms with E-state index in [9.17, 15) is 9.59 Å². The lowest BCUT2D eigenvalue weighted by Gasteiger charge is -2.35. The standard InChI is InChI=1S/C15H26N2O2/c1-3-4-7-12(2)17-11-8-13(18)16-15(14(17)19)9-5-6-10-15/h12H,3-11H2,1-2H3,(H,16,18). The van der Waals surface area contributed by atoms with Gasteiger partial charge in [0.2, 0.25) is 11.8 Å². The topological polar surface area (TPSA) is 49.4 Å². The van der Waals surface area contributed by atoms with Gasteiger partial charge in [-0.2, -0.15) is 0 Å². The lowest BCUT2D eigenvalue weighted by atomic mass is 9.95. The van der Waals surface area contributed by atoms with Gasteiger partial charge in [-0.05, 0) is 26.2 Å². The van der Waals surface area contributed by atoms with E-state index in [0.29, 0.717) is 13.0 Å². The number of unbranched alkanes of at least 4 members (excludes halogenated alkanes) is 1. The lowest BCUT2D eigenvalue weighted by molar-refractivity contribution is -0.140. The van der Waals surface area contributed by atoms with Crippen LogP contribution >= 0.6 is 0 Å². The molecule has 1 saturated heterocycles. The Morgan fingerprint density at radius 3 is 2.63 bits per heavy atom. The van der Waals surface area contributed by atoms with Crippen LogP contribution in [0.3, 0.4) is 0 Å². The lowest BCUT2D eigenvalue weighted by Crippen LogP contribution is -2.56. The number of rotatable bonds is 4. The van der Waals surface area contributed by atoms with Gasteiger partial charge < -0.3 is 10.2 Å². The molecule has 4 heteroatoms. The first-order valence-electron chi connectivity index (χ1n) is 7.71. The second-order valence-electron chi connectivity index (χ2n) is 6.08. The van der Waals surface area contributed by atoms with Crippen LogP contribution in [0.1, 0.15) is 65.2 Å². The van der Waals surface area contributed by atoms with Crippen molar-refractivity contribution in [1.29, 1.82) is 0 Å². The Morgan fingerprint density at radius 2 is 2.00 bits per heavy atom. The molecule has 1 saturated carbocycles. The molecule has 2 rings (SSSR count). The first-order valence-corrected chi connectivity index (χ1v) is 7.71. The van der Waals surface area contributed by atoms with Gasteiger partial charge in [-0.25, -0.2) is 0 Å². The molecular formula is C15H26N2O2.